The number of carbonyl (C=O) groups is 2. The number of rotatable bonds is 3. The third kappa shape index (κ3) is 2.30. The monoisotopic (exact) mass is 302 g/mol. The molecular weight excluding hydrogens is 280 g/mol. The lowest BCUT2D eigenvalue weighted by Crippen LogP contribution is -2.50. The van der Waals surface area contributed by atoms with Crippen LogP contribution in [0.5, 0.6) is 0 Å². The number of nitrogens with zero attached hydrogens (tertiary/aromatic N) is 3. The molecule has 3 aliphatic rings. The van der Waals surface area contributed by atoms with Gasteiger partial charge >= 0.3 is 0 Å². The highest BCUT2D eigenvalue weighted by molar-refractivity contribution is 5.85. The highest BCUT2D eigenvalue weighted by atomic mass is 16.2. The fourth-order valence-corrected chi connectivity index (χ4v) is 3.41. The molecule has 2 saturated carbocycles. The van der Waals surface area contributed by atoms with Crippen LogP contribution in [0.3, 0.4) is 0 Å². The van der Waals surface area contributed by atoms with Crippen molar-refractivity contribution in [3.8, 4) is 0 Å². The van der Waals surface area contributed by atoms with Gasteiger partial charge in [-0.3, -0.25) is 14.3 Å². The van der Waals surface area contributed by atoms with Crippen LogP contribution in [0.15, 0.2) is 12.3 Å². The Labute approximate surface area is 129 Å². The summed E-state index contributed by atoms with van der Waals surface area (Å²) in [5, 5.41) is 7.39. The van der Waals surface area contributed by atoms with Gasteiger partial charge < -0.3 is 10.2 Å². The molecule has 0 radical (unpaired) electrons. The minimum atomic E-state index is -0.391. The Balaban J connectivity index is 1.52. The van der Waals surface area contributed by atoms with Gasteiger partial charge in [-0.25, -0.2) is 0 Å². The van der Waals surface area contributed by atoms with Gasteiger partial charge in [0.25, 0.3) is 0 Å². The summed E-state index contributed by atoms with van der Waals surface area (Å²) in [6.45, 7) is 3.11. The van der Waals surface area contributed by atoms with Crippen LogP contribution in [0, 0.1) is 11.8 Å². The Morgan fingerprint density at radius 3 is 2.77 bits per heavy atom. The zero-order valence-electron chi connectivity index (χ0n) is 12.9. The second-order valence-corrected chi connectivity index (χ2v) is 6.96. The molecule has 3 atom stereocenters. The Bertz CT molecular complexity index is 607. The first-order valence-corrected chi connectivity index (χ1v) is 8.25. The molecule has 2 fully saturated rings. The summed E-state index contributed by atoms with van der Waals surface area (Å²) in [6, 6.07) is 1.82. The van der Waals surface area contributed by atoms with E-state index in [0.29, 0.717) is 25.0 Å². The highest BCUT2D eigenvalue weighted by Gasteiger charge is 2.44. The van der Waals surface area contributed by atoms with Crippen LogP contribution in [0.2, 0.25) is 0 Å². The molecule has 1 aromatic rings. The van der Waals surface area contributed by atoms with Crippen LogP contribution in [-0.2, 0) is 16.1 Å². The summed E-state index contributed by atoms with van der Waals surface area (Å²) in [5.41, 5.74) is 0.946. The largest absolute Gasteiger partial charge is 0.351 e. The molecular formula is C16H22N4O2. The fourth-order valence-electron chi connectivity index (χ4n) is 3.41. The summed E-state index contributed by atoms with van der Waals surface area (Å²) in [5.74, 6) is 0.837. The van der Waals surface area contributed by atoms with Crippen LogP contribution >= 0.6 is 0 Å². The molecule has 2 heterocycles. The first kappa shape index (κ1) is 13.8. The molecule has 6 heteroatoms. The molecule has 2 aliphatic carbocycles. The first-order chi connectivity index (χ1) is 10.6. The second kappa shape index (κ2) is 5.11. The standard InChI is InChI=1S/C16H22N4O2/c1-10-7-13(10)16(22)19-8-12-5-6-17-20(12)14(9-19)15(21)18-11-3-2-4-11/h5-6,10-11,13-14H,2-4,7-9H2,1H3,(H,18,21)/t10-,13-,14-/m1/s1. The maximum absolute atomic E-state index is 12.6. The van der Waals surface area contributed by atoms with E-state index in [1.165, 1.54) is 6.42 Å². The van der Waals surface area contributed by atoms with Gasteiger partial charge in [-0.05, 0) is 37.7 Å². The van der Waals surface area contributed by atoms with Crippen LogP contribution in [0.1, 0.15) is 44.3 Å². The number of fused-ring (bicyclic) bond motifs is 1. The highest BCUT2D eigenvalue weighted by Crippen LogP contribution is 2.40. The van der Waals surface area contributed by atoms with Crippen molar-refractivity contribution in [3.05, 3.63) is 18.0 Å². The lowest BCUT2D eigenvalue weighted by Gasteiger charge is -2.35. The number of amides is 2. The summed E-state index contributed by atoms with van der Waals surface area (Å²) in [6.07, 6.45) is 6.01. The Morgan fingerprint density at radius 1 is 1.36 bits per heavy atom. The Kier molecular flexibility index (Phi) is 3.20. The topological polar surface area (TPSA) is 67.2 Å². The first-order valence-electron chi connectivity index (χ1n) is 8.25. The summed E-state index contributed by atoms with van der Waals surface area (Å²) in [4.78, 5) is 26.9. The number of hydrogen-bond donors (Lipinski definition) is 1. The van der Waals surface area contributed by atoms with Gasteiger partial charge in [0.1, 0.15) is 6.04 Å². The van der Waals surface area contributed by atoms with E-state index in [9.17, 15) is 9.59 Å². The predicted molar refractivity (Wildman–Crippen MR) is 79.7 cm³/mol. The van der Waals surface area contributed by atoms with Crippen molar-refractivity contribution < 1.29 is 9.59 Å². The molecule has 0 unspecified atom stereocenters. The van der Waals surface area contributed by atoms with Crippen molar-refractivity contribution in [2.75, 3.05) is 6.54 Å². The molecule has 0 spiro atoms. The normalized spacial score (nSPS) is 30.4. The van der Waals surface area contributed by atoms with Crippen molar-refractivity contribution in [2.24, 2.45) is 11.8 Å². The Hall–Kier alpha value is -1.85. The van der Waals surface area contributed by atoms with Crippen LogP contribution in [0.25, 0.3) is 0 Å². The second-order valence-electron chi connectivity index (χ2n) is 6.96. The molecule has 118 valence electrons. The SMILES string of the molecule is C[C@@H]1C[C@H]1C(=O)N1Cc2ccnn2[C@@H](C(=O)NC2CCC2)C1. The quantitative estimate of drug-likeness (QED) is 0.909. The smallest absolute Gasteiger partial charge is 0.246 e. The average Bonchev–Trinajstić information content (AvgIpc) is 3.00. The molecule has 0 saturated heterocycles. The molecule has 2 amide bonds. The number of aromatic nitrogens is 2. The van der Waals surface area contributed by atoms with Gasteiger partial charge in [0.15, 0.2) is 0 Å². The lowest BCUT2D eigenvalue weighted by molar-refractivity contribution is -0.137. The van der Waals surface area contributed by atoms with E-state index >= 15 is 0 Å². The van der Waals surface area contributed by atoms with Crippen LogP contribution in [0.4, 0.5) is 0 Å². The van der Waals surface area contributed by atoms with Crippen molar-refractivity contribution in [2.45, 2.75) is 51.2 Å². The van der Waals surface area contributed by atoms with Crippen LogP contribution in [-0.4, -0.2) is 39.1 Å². The Morgan fingerprint density at radius 2 is 2.14 bits per heavy atom. The number of nitrogens with one attached hydrogen (secondary N) is 1. The fraction of sp³-hybridized carbons (Fsp3) is 0.688. The third-order valence-electron chi connectivity index (χ3n) is 5.29. The summed E-state index contributed by atoms with van der Waals surface area (Å²) >= 11 is 0. The average molecular weight is 302 g/mol. The van der Waals surface area contributed by atoms with Gasteiger partial charge in [-0.2, -0.15) is 5.10 Å². The van der Waals surface area contributed by atoms with E-state index < -0.39 is 6.04 Å². The van der Waals surface area contributed by atoms with E-state index in [2.05, 4.69) is 17.3 Å². The third-order valence-corrected chi connectivity index (χ3v) is 5.29. The lowest BCUT2D eigenvalue weighted by atomic mass is 9.93. The number of hydrogen-bond acceptors (Lipinski definition) is 3. The van der Waals surface area contributed by atoms with E-state index in [1.54, 1.807) is 10.9 Å². The molecule has 1 N–H and O–H groups in total. The van der Waals surface area contributed by atoms with E-state index in [4.69, 9.17) is 0 Å². The van der Waals surface area contributed by atoms with Crippen molar-refractivity contribution >= 4 is 11.8 Å². The minimum absolute atomic E-state index is 0.00371. The summed E-state index contributed by atoms with van der Waals surface area (Å²) in [7, 11) is 0. The molecule has 0 bridgehead atoms. The molecule has 0 aromatic carbocycles. The molecule has 22 heavy (non-hydrogen) atoms. The van der Waals surface area contributed by atoms with Crippen molar-refractivity contribution in [1.29, 1.82) is 0 Å². The molecule has 1 aliphatic heterocycles. The van der Waals surface area contributed by atoms with Gasteiger partial charge in [0.05, 0.1) is 18.8 Å². The van der Waals surface area contributed by atoms with Crippen LogP contribution < -0.4 is 5.32 Å². The zero-order chi connectivity index (χ0) is 15.3. The van der Waals surface area contributed by atoms with Gasteiger partial charge in [-0.1, -0.05) is 6.92 Å². The van der Waals surface area contributed by atoms with Crippen molar-refractivity contribution in [1.82, 2.24) is 20.0 Å². The predicted octanol–water partition coefficient (Wildman–Crippen LogP) is 1.09. The number of carbonyl (C=O) groups excluding carboxylic acids is 2. The minimum Gasteiger partial charge on any atom is -0.351 e. The van der Waals surface area contributed by atoms with Gasteiger partial charge in [0.2, 0.25) is 11.8 Å². The van der Waals surface area contributed by atoms with Crippen molar-refractivity contribution in [3.63, 3.8) is 0 Å². The molecule has 4 rings (SSSR count). The van der Waals surface area contributed by atoms with Gasteiger partial charge in [-0.15, -0.1) is 0 Å². The summed E-state index contributed by atoms with van der Waals surface area (Å²) < 4.78 is 1.79. The van der Waals surface area contributed by atoms with E-state index in [-0.39, 0.29) is 17.7 Å². The van der Waals surface area contributed by atoms with Gasteiger partial charge in [0, 0.05) is 18.2 Å². The van der Waals surface area contributed by atoms with E-state index in [1.807, 2.05) is 11.0 Å². The molecule has 1 aromatic heterocycles. The molecule has 6 nitrogen and oxygen atoms in total. The van der Waals surface area contributed by atoms with E-state index in [0.717, 1.165) is 25.0 Å². The maximum Gasteiger partial charge on any atom is 0.246 e. The zero-order valence-corrected chi connectivity index (χ0v) is 12.9. The maximum atomic E-state index is 12.6.